The van der Waals surface area contributed by atoms with Crippen molar-refractivity contribution in [1.82, 2.24) is 0 Å². The predicted molar refractivity (Wildman–Crippen MR) is 71.6 cm³/mol. The average molecular weight is 301 g/mol. The summed E-state index contributed by atoms with van der Waals surface area (Å²) in [5.41, 5.74) is 6.55. The number of nitrogens with zero attached hydrogens (tertiary/aromatic N) is 1. The number of rotatable bonds is 6. The highest BCUT2D eigenvalue weighted by Crippen LogP contribution is 2.25. The van der Waals surface area contributed by atoms with Crippen molar-refractivity contribution < 1.29 is 9.94 Å². The van der Waals surface area contributed by atoms with Crippen molar-refractivity contribution >= 4 is 21.8 Å². The van der Waals surface area contributed by atoms with Crippen LogP contribution in [0.2, 0.25) is 0 Å². The molecule has 5 heteroatoms. The molecule has 3 N–H and O–H groups in total. The summed E-state index contributed by atoms with van der Waals surface area (Å²) in [5, 5.41) is 11.3. The molecule has 0 spiro atoms. The Labute approximate surface area is 110 Å². The van der Waals surface area contributed by atoms with E-state index in [1.54, 1.807) is 0 Å². The van der Waals surface area contributed by atoms with Crippen LogP contribution in [0.25, 0.3) is 0 Å². The van der Waals surface area contributed by atoms with Gasteiger partial charge < -0.3 is 15.7 Å². The number of benzene rings is 1. The van der Waals surface area contributed by atoms with Gasteiger partial charge in [0.2, 0.25) is 0 Å². The first kappa shape index (κ1) is 13.8. The van der Waals surface area contributed by atoms with Gasteiger partial charge in [-0.25, -0.2) is 0 Å². The average Bonchev–Trinajstić information content (AvgIpc) is 2.30. The van der Waals surface area contributed by atoms with E-state index in [-0.39, 0.29) is 5.84 Å². The van der Waals surface area contributed by atoms with Gasteiger partial charge in [0, 0.05) is 6.42 Å². The predicted octanol–water partition coefficient (Wildman–Crippen LogP) is 3.05. The van der Waals surface area contributed by atoms with Crippen LogP contribution in [0.3, 0.4) is 0 Å². The van der Waals surface area contributed by atoms with Crippen molar-refractivity contribution in [2.45, 2.75) is 26.2 Å². The van der Waals surface area contributed by atoms with E-state index in [1.165, 1.54) is 5.56 Å². The summed E-state index contributed by atoms with van der Waals surface area (Å²) in [6.07, 6.45) is 2.31. The molecule has 1 aromatic rings. The quantitative estimate of drug-likeness (QED) is 0.279. The highest BCUT2D eigenvalue weighted by atomic mass is 79.9. The monoisotopic (exact) mass is 300 g/mol. The van der Waals surface area contributed by atoms with Gasteiger partial charge in [-0.2, -0.15) is 0 Å². The summed E-state index contributed by atoms with van der Waals surface area (Å²) < 4.78 is 6.58. The number of hydrogen-bond acceptors (Lipinski definition) is 3. The summed E-state index contributed by atoms with van der Waals surface area (Å²) in [6, 6.07) is 5.98. The first-order valence-electron chi connectivity index (χ1n) is 5.49. The minimum Gasteiger partial charge on any atom is -0.492 e. The minimum atomic E-state index is 0.265. The van der Waals surface area contributed by atoms with E-state index < -0.39 is 0 Å². The lowest BCUT2D eigenvalue weighted by Gasteiger charge is -2.08. The highest BCUT2D eigenvalue weighted by Gasteiger charge is 2.01. The molecule has 94 valence electrons. The lowest BCUT2D eigenvalue weighted by Crippen LogP contribution is -2.11. The van der Waals surface area contributed by atoms with Crippen LogP contribution < -0.4 is 10.5 Å². The van der Waals surface area contributed by atoms with Crippen LogP contribution in [0.4, 0.5) is 0 Å². The second-order valence-electron chi connectivity index (χ2n) is 3.83. The fourth-order valence-corrected chi connectivity index (χ4v) is 1.97. The maximum atomic E-state index is 8.36. The zero-order valence-electron chi connectivity index (χ0n) is 9.82. The second-order valence-corrected chi connectivity index (χ2v) is 4.69. The Balaban J connectivity index is 2.27. The summed E-state index contributed by atoms with van der Waals surface area (Å²) in [7, 11) is 0. The smallest absolute Gasteiger partial charge is 0.139 e. The number of hydrogen-bond donors (Lipinski definition) is 2. The van der Waals surface area contributed by atoms with Gasteiger partial charge >= 0.3 is 0 Å². The number of unbranched alkanes of at least 4 members (excludes halogenated alkanes) is 1. The molecule has 0 aliphatic rings. The third kappa shape index (κ3) is 5.08. The summed E-state index contributed by atoms with van der Waals surface area (Å²) >= 11 is 3.45. The summed E-state index contributed by atoms with van der Waals surface area (Å²) in [5.74, 6) is 1.11. The van der Waals surface area contributed by atoms with E-state index in [0.717, 1.165) is 23.1 Å². The normalized spacial score (nSPS) is 11.5. The van der Waals surface area contributed by atoms with E-state index >= 15 is 0 Å². The van der Waals surface area contributed by atoms with Crippen molar-refractivity contribution in [2.75, 3.05) is 6.61 Å². The molecule has 0 unspecified atom stereocenters. The topological polar surface area (TPSA) is 67.8 Å². The zero-order chi connectivity index (χ0) is 12.7. The maximum absolute atomic E-state index is 8.36. The zero-order valence-corrected chi connectivity index (χ0v) is 11.4. The Morgan fingerprint density at radius 3 is 2.88 bits per heavy atom. The number of amidine groups is 1. The van der Waals surface area contributed by atoms with E-state index in [0.29, 0.717) is 13.0 Å². The Hall–Kier alpha value is -1.23. The Morgan fingerprint density at radius 1 is 1.47 bits per heavy atom. The minimum absolute atomic E-state index is 0.265. The van der Waals surface area contributed by atoms with Gasteiger partial charge in [0.05, 0.1) is 11.1 Å². The third-order valence-electron chi connectivity index (χ3n) is 2.30. The molecule has 0 fully saturated rings. The Bertz CT molecular complexity index is 394. The summed E-state index contributed by atoms with van der Waals surface area (Å²) in [4.78, 5) is 0. The van der Waals surface area contributed by atoms with E-state index in [9.17, 15) is 0 Å². The molecule has 0 atom stereocenters. The molecular formula is C12H17BrN2O2. The van der Waals surface area contributed by atoms with Crippen LogP contribution in [0, 0.1) is 6.92 Å². The van der Waals surface area contributed by atoms with Gasteiger partial charge in [-0.15, -0.1) is 0 Å². The van der Waals surface area contributed by atoms with Gasteiger partial charge in [-0.3, -0.25) is 0 Å². The van der Waals surface area contributed by atoms with Crippen LogP contribution in [-0.2, 0) is 0 Å². The van der Waals surface area contributed by atoms with Gasteiger partial charge in [-0.1, -0.05) is 11.2 Å². The van der Waals surface area contributed by atoms with Crippen molar-refractivity contribution in [3.63, 3.8) is 0 Å². The molecule has 1 rings (SSSR count). The number of nitrogens with two attached hydrogens (primary N) is 1. The molecule has 0 aliphatic carbocycles. The molecule has 0 radical (unpaired) electrons. The highest BCUT2D eigenvalue weighted by molar-refractivity contribution is 9.10. The van der Waals surface area contributed by atoms with Crippen LogP contribution in [-0.4, -0.2) is 17.6 Å². The van der Waals surface area contributed by atoms with Crippen LogP contribution in [0.15, 0.2) is 27.8 Å². The van der Waals surface area contributed by atoms with Gasteiger partial charge in [0.25, 0.3) is 0 Å². The Kier molecular flexibility index (Phi) is 5.83. The van der Waals surface area contributed by atoms with Crippen molar-refractivity contribution in [3.8, 4) is 5.75 Å². The van der Waals surface area contributed by atoms with E-state index in [2.05, 4.69) is 21.1 Å². The standard InChI is InChI=1S/C12H17BrN2O2/c1-9-5-6-11(10(13)8-9)17-7-3-2-4-12(14)15-16/h5-6,8,16H,2-4,7H2,1H3,(H2,14,15). The van der Waals surface area contributed by atoms with E-state index in [4.69, 9.17) is 15.7 Å². The molecule has 17 heavy (non-hydrogen) atoms. The molecule has 0 aliphatic heterocycles. The fourth-order valence-electron chi connectivity index (χ4n) is 1.36. The maximum Gasteiger partial charge on any atom is 0.139 e. The molecule has 0 bridgehead atoms. The third-order valence-corrected chi connectivity index (χ3v) is 2.92. The first-order valence-corrected chi connectivity index (χ1v) is 6.28. The van der Waals surface area contributed by atoms with Crippen LogP contribution in [0.1, 0.15) is 24.8 Å². The largest absolute Gasteiger partial charge is 0.492 e. The first-order chi connectivity index (χ1) is 8.13. The van der Waals surface area contributed by atoms with Crippen molar-refractivity contribution in [1.29, 1.82) is 0 Å². The van der Waals surface area contributed by atoms with Crippen molar-refractivity contribution in [3.05, 3.63) is 28.2 Å². The molecule has 0 saturated carbocycles. The molecule has 0 heterocycles. The molecular weight excluding hydrogens is 284 g/mol. The number of ether oxygens (including phenoxy) is 1. The van der Waals surface area contributed by atoms with Gasteiger partial charge in [0.15, 0.2) is 0 Å². The number of aryl methyl sites for hydroxylation is 1. The second kappa shape index (κ2) is 7.17. The fraction of sp³-hybridized carbons (Fsp3) is 0.417. The van der Waals surface area contributed by atoms with Crippen molar-refractivity contribution in [2.24, 2.45) is 10.9 Å². The Morgan fingerprint density at radius 2 is 2.24 bits per heavy atom. The van der Waals surface area contributed by atoms with Crippen LogP contribution >= 0.6 is 15.9 Å². The van der Waals surface area contributed by atoms with Gasteiger partial charge in [0.1, 0.15) is 11.6 Å². The molecule has 4 nitrogen and oxygen atoms in total. The molecule has 1 aromatic carbocycles. The van der Waals surface area contributed by atoms with E-state index in [1.807, 2.05) is 25.1 Å². The number of halogens is 1. The summed E-state index contributed by atoms with van der Waals surface area (Å²) in [6.45, 7) is 2.66. The molecule has 0 saturated heterocycles. The molecule has 0 amide bonds. The number of oxime groups is 1. The van der Waals surface area contributed by atoms with Crippen LogP contribution in [0.5, 0.6) is 5.75 Å². The SMILES string of the molecule is Cc1ccc(OCCCCC(N)=NO)c(Br)c1. The lowest BCUT2D eigenvalue weighted by molar-refractivity contribution is 0.303. The lowest BCUT2D eigenvalue weighted by atomic mass is 10.2. The molecule has 0 aromatic heterocycles. The van der Waals surface area contributed by atoms with Gasteiger partial charge in [-0.05, 0) is 53.4 Å².